The third-order valence-corrected chi connectivity index (χ3v) is 2.42. The minimum absolute atomic E-state index is 0.0808. The van der Waals surface area contributed by atoms with Crippen molar-refractivity contribution in [1.82, 2.24) is 4.90 Å². The van der Waals surface area contributed by atoms with Crippen LogP contribution in [0.2, 0.25) is 0 Å². The van der Waals surface area contributed by atoms with E-state index in [2.05, 4.69) is 0 Å². The van der Waals surface area contributed by atoms with Gasteiger partial charge in [0.15, 0.2) is 0 Å². The molecule has 2 atom stereocenters. The maximum absolute atomic E-state index is 11.8. The van der Waals surface area contributed by atoms with Gasteiger partial charge in [-0.1, -0.05) is 0 Å². The minimum Gasteiger partial charge on any atom is -0.444 e. The molecule has 5 heteroatoms. The number of amides is 1. The van der Waals surface area contributed by atoms with Crippen LogP contribution in [0.15, 0.2) is 0 Å². The first-order valence-corrected chi connectivity index (χ1v) is 5.35. The van der Waals surface area contributed by atoms with Gasteiger partial charge >= 0.3 is 6.09 Å². The molecule has 92 valence electrons. The highest BCUT2D eigenvalue weighted by molar-refractivity contribution is 5.74. The van der Waals surface area contributed by atoms with Crippen LogP contribution < -0.4 is 0 Å². The Morgan fingerprint density at radius 2 is 2.06 bits per heavy atom. The largest absolute Gasteiger partial charge is 0.444 e. The van der Waals surface area contributed by atoms with Crippen molar-refractivity contribution in [3.05, 3.63) is 0 Å². The van der Waals surface area contributed by atoms with E-state index in [1.807, 2.05) is 0 Å². The summed E-state index contributed by atoms with van der Waals surface area (Å²) in [4.78, 5) is 24.0. The predicted molar refractivity (Wildman–Crippen MR) is 58.2 cm³/mol. The molecule has 0 bridgehead atoms. The van der Waals surface area contributed by atoms with Gasteiger partial charge < -0.3 is 14.3 Å². The van der Waals surface area contributed by atoms with Crippen LogP contribution in [0.4, 0.5) is 4.79 Å². The molecule has 1 amide bonds. The van der Waals surface area contributed by atoms with Crippen LogP contribution >= 0.6 is 0 Å². The summed E-state index contributed by atoms with van der Waals surface area (Å²) in [7, 11) is 1.57. The van der Waals surface area contributed by atoms with Crippen molar-refractivity contribution < 1.29 is 19.1 Å². The van der Waals surface area contributed by atoms with Crippen molar-refractivity contribution in [2.45, 2.75) is 44.9 Å². The molecule has 0 aliphatic carbocycles. The van der Waals surface area contributed by atoms with Gasteiger partial charge in [0.1, 0.15) is 11.9 Å². The lowest BCUT2D eigenvalue weighted by Gasteiger charge is -2.26. The van der Waals surface area contributed by atoms with Crippen LogP contribution in [0.1, 0.15) is 27.2 Å². The van der Waals surface area contributed by atoms with Crippen molar-refractivity contribution >= 4 is 12.4 Å². The molecule has 1 aliphatic rings. The highest BCUT2D eigenvalue weighted by Gasteiger charge is 2.37. The number of aldehydes is 1. The molecule has 1 saturated heterocycles. The molecule has 1 fully saturated rings. The predicted octanol–water partition coefficient (Wildman–Crippen LogP) is 1.21. The molecule has 0 aromatic carbocycles. The van der Waals surface area contributed by atoms with E-state index in [1.54, 1.807) is 27.9 Å². The Kier molecular flexibility index (Phi) is 3.91. The van der Waals surface area contributed by atoms with Gasteiger partial charge in [0.05, 0.1) is 18.7 Å². The second kappa shape index (κ2) is 4.82. The van der Waals surface area contributed by atoms with Gasteiger partial charge in [-0.15, -0.1) is 0 Å². The number of likely N-dealkylation sites (tertiary alicyclic amines) is 1. The molecule has 16 heavy (non-hydrogen) atoms. The number of methoxy groups -OCH3 is 1. The number of carbonyl (C=O) groups excluding carboxylic acids is 2. The summed E-state index contributed by atoms with van der Waals surface area (Å²) in [6.07, 6.45) is 0.772. The molecule has 5 nitrogen and oxygen atoms in total. The summed E-state index contributed by atoms with van der Waals surface area (Å²) in [5, 5.41) is 0. The van der Waals surface area contributed by atoms with Gasteiger partial charge in [0, 0.05) is 13.5 Å². The maximum Gasteiger partial charge on any atom is 0.410 e. The monoisotopic (exact) mass is 229 g/mol. The van der Waals surface area contributed by atoms with Gasteiger partial charge in [-0.25, -0.2) is 4.79 Å². The first kappa shape index (κ1) is 13.0. The molecule has 0 spiro atoms. The Bertz CT molecular complexity index is 272. The highest BCUT2D eigenvalue weighted by atomic mass is 16.6. The zero-order valence-electron chi connectivity index (χ0n) is 10.2. The maximum atomic E-state index is 11.8. The SMILES string of the molecule is CO[C@H]1C[C@H](C=O)N(C(=O)OC(C)(C)C)C1. The molecule has 1 rings (SSSR count). The number of carbonyl (C=O) groups is 2. The van der Waals surface area contributed by atoms with Crippen molar-refractivity contribution in [3.8, 4) is 0 Å². The molecule has 0 radical (unpaired) electrons. The van der Waals surface area contributed by atoms with Gasteiger partial charge in [0.2, 0.25) is 0 Å². The summed E-state index contributed by atoms with van der Waals surface area (Å²) in [5.41, 5.74) is -0.546. The second-order valence-corrected chi connectivity index (χ2v) is 4.93. The van der Waals surface area contributed by atoms with E-state index in [1.165, 1.54) is 4.90 Å². The fraction of sp³-hybridized carbons (Fsp3) is 0.818. The van der Waals surface area contributed by atoms with Crippen LogP contribution in [0.5, 0.6) is 0 Å². The molecule has 1 aliphatic heterocycles. The highest BCUT2D eigenvalue weighted by Crippen LogP contribution is 2.21. The van der Waals surface area contributed by atoms with Gasteiger partial charge in [0.25, 0.3) is 0 Å². The fourth-order valence-corrected chi connectivity index (χ4v) is 1.66. The molecule has 1 heterocycles. The molecule has 0 aromatic rings. The summed E-state index contributed by atoms with van der Waals surface area (Å²) < 4.78 is 10.4. The summed E-state index contributed by atoms with van der Waals surface area (Å²) in [6.45, 7) is 5.80. The fourth-order valence-electron chi connectivity index (χ4n) is 1.66. The normalized spacial score (nSPS) is 25.6. The lowest BCUT2D eigenvalue weighted by Crippen LogP contribution is -2.40. The van der Waals surface area contributed by atoms with Gasteiger partial charge in [-0.05, 0) is 20.8 Å². The van der Waals surface area contributed by atoms with E-state index < -0.39 is 17.7 Å². The van der Waals surface area contributed by atoms with Crippen molar-refractivity contribution in [2.75, 3.05) is 13.7 Å². The van der Waals surface area contributed by atoms with Crippen LogP contribution in [-0.4, -0.2) is 48.7 Å². The topological polar surface area (TPSA) is 55.8 Å². The molecule has 0 N–H and O–H groups in total. The van der Waals surface area contributed by atoms with Crippen LogP contribution in [-0.2, 0) is 14.3 Å². The summed E-state index contributed by atoms with van der Waals surface area (Å²) in [5.74, 6) is 0. The van der Waals surface area contributed by atoms with E-state index in [-0.39, 0.29) is 6.10 Å². The summed E-state index contributed by atoms with van der Waals surface area (Å²) in [6, 6.07) is -0.431. The molecular weight excluding hydrogens is 210 g/mol. The quantitative estimate of drug-likeness (QED) is 0.668. The Hall–Kier alpha value is -1.10. The van der Waals surface area contributed by atoms with Gasteiger partial charge in [-0.3, -0.25) is 4.90 Å². The van der Waals surface area contributed by atoms with Crippen LogP contribution in [0.3, 0.4) is 0 Å². The molecule has 0 aromatic heterocycles. The number of rotatable bonds is 2. The van der Waals surface area contributed by atoms with E-state index in [9.17, 15) is 9.59 Å². The standard InChI is InChI=1S/C11H19NO4/c1-11(2,3)16-10(14)12-6-9(15-4)5-8(12)7-13/h7-9H,5-6H2,1-4H3/t8-,9+/m1/s1. The van der Waals surface area contributed by atoms with Crippen molar-refractivity contribution in [3.63, 3.8) is 0 Å². The molecular formula is C11H19NO4. The lowest BCUT2D eigenvalue weighted by molar-refractivity contribution is -0.111. The first-order chi connectivity index (χ1) is 7.37. The number of nitrogens with zero attached hydrogens (tertiary/aromatic N) is 1. The smallest absolute Gasteiger partial charge is 0.410 e. The summed E-state index contributed by atoms with van der Waals surface area (Å²) >= 11 is 0. The lowest BCUT2D eigenvalue weighted by atomic mass is 10.2. The van der Waals surface area contributed by atoms with Crippen LogP contribution in [0, 0.1) is 0 Å². The zero-order chi connectivity index (χ0) is 12.3. The second-order valence-electron chi connectivity index (χ2n) is 4.93. The van der Waals surface area contributed by atoms with E-state index in [0.29, 0.717) is 13.0 Å². The third-order valence-electron chi connectivity index (χ3n) is 2.42. The number of ether oxygens (including phenoxy) is 2. The van der Waals surface area contributed by atoms with Gasteiger partial charge in [-0.2, -0.15) is 0 Å². The van der Waals surface area contributed by atoms with Crippen molar-refractivity contribution in [2.24, 2.45) is 0 Å². The van der Waals surface area contributed by atoms with E-state index >= 15 is 0 Å². The average Bonchev–Trinajstić information content (AvgIpc) is 2.58. The minimum atomic E-state index is -0.546. The zero-order valence-corrected chi connectivity index (χ0v) is 10.2. The van der Waals surface area contributed by atoms with E-state index in [0.717, 1.165) is 6.29 Å². The number of hydrogen-bond donors (Lipinski definition) is 0. The van der Waals surface area contributed by atoms with E-state index in [4.69, 9.17) is 9.47 Å². The van der Waals surface area contributed by atoms with Crippen LogP contribution in [0.25, 0.3) is 0 Å². The average molecular weight is 229 g/mol. The Balaban J connectivity index is 2.64. The van der Waals surface area contributed by atoms with Crippen molar-refractivity contribution in [1.29, 1.82) is 0 Å². The molecule has 0 unspecified atom stereocenters. The Labute approximate surface area is 95.7 Å². The Morgan fingerprint density at radius 3 is 2.50 bits per heavy atom. The third kappa shape index (κ3) is 3.20. The number of hydrogen-bond acceptors (Lipinski definition) is 4. The molecule has 0 saturated carbocycles. The first-order valence-electron chi connectivity index (χ1n) is 5.35. The Morgan fingerprint density at radius 1 is 1.44 bits per heavy atom.